The smallest absolute Gasteiger partial charge is 0.343 e. The molecule has 0 saturated carbocycles. The number of carboxylic acid groups (broad SMARTS) is 1. The van der Waals surface area contributed by atoms with Gasteiger partial charge in [-0.3, -0.25) is 4.79 Å². The van der Waals surface area contributed by atoms with Gasteiger partial charge in [-0.1, -0.05) is 0 Å². The van der Waals surface area contributed by atoms with E-state index in [-0.39, 0.29) is 18.7 Å². The van der Waals surface area contributed by atoms with Gasteiger partial charge in [0.15, 0.2) is 10.4 Å². The first kappa shape index (κ1) is 13.1. The third kappa shape index (κ3) is 2.14. The summed E-state index contributed by atoms with van der Waals surface area (Å²) in [6, 6.07) is 1.63. The maximum Gasteiger partial charge on any atom is 0.343 e. The molecule has 1 atom stereocenters. The number of hydrogen-bond acceptors (Lipinski definition) is 3. The molecule has 2 heterocycles. The molecule has 1 aromatic rings. The van der Waals surface area contributed by atoms with Gasteiger partial charge in [0, 0.05) is 18.5 Å². The molecular formula is C11H11BrFNO4. The van der Waals surface area contributed by atoms with E-state index in [0.29, 0.717) is 10.2 Å². The average Bonchev–Trinajstić information content (AvgIpc) is 2.82. The van der Waals surface area contributed by atoms with Gasteiger partial charge in [-0.05, 0) is 28.9 Å². The highest BCUT2D eigenvalue weighted by molar-refractivity contribution is 9.10. The number of halogens is 2. The molecule has 0 bridgehead atoms. The van der Waals surface area contributed by atoms with Crippen LogP contribution in [0, 0.1) is 6.92 Å². The first-order valence-corrected chi connectivity index (χ1v) is 6.10. The summed E-state index contributed by atoms with van der Waals surface area (Å²) >= 11 is 3.10. The number of aliphatic carboxylic acids is 1. The van der Waals surface area contributed by atoms with Crippen LogP contribution in [0.25, 0.3) is 0 Å². The number of nitrogens with zero attached hydrogens (tertiary/aromatic N) is 1. The van der Waals surface area contributed by atoms with Crippen LogP contribution in [0.4, 0.5) is 4.39 Å². The minimum Gasteiger partial charge on any atom is -0.479 e. The van der Waals surface area contributed by atoms with Crippen LogP contribution in [-0.4, -0.2) is 40.6 Å². The molecule has 0 unspecified atom stereocenters. The quantitative estimate of drug-likeness (QED) is 0.905. The van der Waals surface area contributed by atoms with Crippen LogP contribution in [0.15, 0.2) is 15.2 Å². The number of alkyl halides is 1. The van der Waals surface area contributed by atoms with Gasteiger partial charge in [0.05, 0.1) is 6.54 Å². The van der Waals surface area contributed by atoms with E-state index in [1.807, 2.05) is 0 Å². The molecule has 1 N–H and O–H groups in total. The van der Waals surface area contributed by atoms with Crippen LogP contribution in [0.3, 0.4) is 0 Å². The maximum absolute atomic E-state index is 13.8. The summed E-state index contributed by atoms with van der Waals surface area (Å²) in [5.74, 6) is -1.91. The lowest BCUT2D eigenvalue weighted by Crippen LogP contribution is -2.38. The topological polar surface area (TPSA) is 70.8 Å². The SMILES string of the molecule is Cc1cc(Br)oc1C(=O)N1CC[C@](F)(C(=O)O)C1. The van der Waals surface area contributed by atoms with Gasteiger partial charge in [-0.15, -0.1) is 0 Å². The van der Waals surface area contributed by atoms with Gasteiger partial charge in [-0.25, -0.2) is 9.18 Å². The largest absolute Gasteiger partial charge is 0.479 e. The molecule has 18 heavy (non-hydrogen) atoms. The third-order valence-corrected chi connectivity index (χ3v) is 3.36. The molecule has 1 aromatic heterocycles. The molecule has 7 heteroatoms. The Kier molecular flexibility index (Phi) is 3.18. The predicted molar refractivity (Wildman–Crippen MR) is 63.1 cm³/mol. The van der Waals surface area contributed by atoms with Crippen LogP contribution < -0.4 is 0 Å². The van der Waals surface area contributed by atoms with Gasteiger partial charge in [-0.2, -0.15) is 0 Å². The lowest BCUT2D eigenvalue weighted by molar-refractivity contribution is -0.149. The number of carbonyl (C=O) groups is 2. The van der Waals surface area contributed by atoms with Crippen LogP contribution in [0.2, 0.25) is 0 Å². The Morgan fingerprint density at radius 1 is 1.61 bits per heavy atom. The molecule has 98 valence electrons. The van der Waals surface area contributed by atoms with E-state index in [4.69, 9.17) is 9.52 Å². The van der Waals surface area contributed by atoms with Crippen molar-refractivity contribution < 1.29 is 23.5 Å². The summed E-state index contributed by atoms with van der Waals surface area (Å²) in [5, 5.41) is 8.76. The van der Waals surface area contributed by atoms with Crippen molar-refractivity contribution in [3.63, 3.8) is 0 Å². The average molecular weight is 320 g/mol. The Labute approximate surface area is 111 Å². The number of amides is 1. The predicted octanol–water partition coefficient (Wildman–Crippen LogP) is 1.99. The summed E-state index contributed by atoms with van der Waals surface area (Å²) < 4.78 is 19.4. The fourth-order valence-electron chi connectivity index (χ4n) is 1.92. The molecule has 1 amide bonds. The number of hydrogen-bond donors (Lipinski definition) is 1. The fourth-order valence-corrected chi connectivity index (χ4v) is 2.43. The van der Waals surface area contributed by atoms with E-state index >= 15 is 0 Å². The Morgan fingerprint density at radius 3 is 2.72 bits per heavy atom. The van der Waals surface area contributed by atoms with Crippen molar-refractivity contribution >= 4 is 27.8 Å². The van der Waals surface area contributed by atoms with Crippen molar-refractivity contribution in [1.29, 1.82) is 0 Å². The molecule has 1 fully saturated rings. The van der Waals surface area contributed by atoms with E-state index in [9.17, 15) is 14.0 Å². The number of furan rings is 1. The van der Waals surface area contributed by atoms with Gasteiger partial charge in [0.2, 0.25) is 5.67 Å². The lowest BCUT2D eigenvalue weighted by Gasteiger charge is -2.16. The Balaban J connectivity index is 2.18. The zero-order valence-electron chi connectivity index (χ0n) is 9.57. The van der Waals surface area contributed by atoms with Gasteiger partial charge in [0.25, 0.3) is 5.91 Å². The van der Waals surface area contributed by atoms with E-state index in [1.165, 1.54) is 0 Å². The molecular weight excluding hydrogens is 309 g/mol. The first-order valence-electron chi connectivity index (χ1n) is 5.31. The van der Waals surface area contributed by atoms with Gasteiger partial charge < -0.3 is 14.4 Å². The molecule has 1 saturated heterocycles. The normalized spacial score (nSPS) is 23.4. The number of aryl methyl sites for hydroxylation is 1. The van der Waals surface area contributed by atoms with E-state index in [0.717, 1.165) is 4.90 Å². The zero-order chi connectivity index (χ0) is 13.5. The monoisotopic (exact) mass is 319 g/mol. The summed E-state index contributed by atoms with van der Waals surface area (Å²) in [7, 11) is 0. The Morgan fingerprint density at radius 2 is 2.28 bits per heavy atom. The molecule has 0 aromatic carbocycles. The van der Waals surface area contributed by atoms with Crippen LogP contribution in [0.5, 0.6) is 0 Å². The number of carboxylic acids is 1. The molecule has 1 aliphatic rings. The second-order valence-corrected chi connectivity index (χ2v) is 5.09. The van der Waals surface area contributed by atoms with Crippen molar-refractivity contribution in [1.82, 2.24) is 4.90 Å². The second-order valence-electron chi connectivity index (χ2n) is 4.31. The highest BCUT2D eigenvalue weighted by Crippen LogP contribution is 2.29. The minimum atomic E-state index is -2.35. The van der Waals surface area contributed by atoms with E-state index in [2.05, 4.69) is 15.9 Å². The van der Waals surface area contributed by atoms with Gasteiger partial charge >= 0.3 is 5.97 Å². The van der Waals surface area contributed by atoms with Crippen LogP contribution >= 0.6 is 15.9 Å². The maximum atomic E-state index is 13.8. The highest BCUT2D eigenvalue weighted by Gasteiger charge is 2.47. The number of carbonyl (C=O) groups excluding carboxylic acids is 1. The van der Waals surface area contributed by atoms with Crippen molar-refractivity contribution in [2.24, 2.45) is 0 Å². The molecule has 0 aliphatic carbocycles. The Hall–Kier alpha value is -1.37. The molecule has 2 rings (SSSR count). The summed E-state index contributed by atoms with van der Waals surface area (Å²) in [5.41, 5.74) is -1.73. The van der Waals surface area contributed by atoms with E-state index < -0.39 is 24.1 Å². The molecule has 0 radical (unpaired) electrons. The van der Waals surface area contributed by atoms with Crippen molar-refractivity contribution in [2.75, 3.05) is 13.1 Å². The number of rotatable bonds is 2. The van der Waals surface area contributed by atoms with Crippen LogP contribution in [0.1, 0.15) is 22.5 Å². The van der Waals surface area contributed by atoms with Crippen molar-refractivity contribution in [3.8, 4) is 0 Å². The molecule has 5 nitrogen and oxygen atoms in total. The third-order valence-electron chi connectivity index (χ3n) is 2.97. The summed E-state index contributed by atoms with van der Waals surface area (Å²) in [6.07, 6.45) is -0.199. The lowest BCUT2D eigenvalue weighted by atomic mass is 10.1. The first-order chi connectivity index (χ1) is 8.33. The molecule has 0 spiro atoms. The summed E-state index contributed by atoms with van der Waals surface area (Å²) in [4.78, 5) is 24.0. The fraction of sp³-hybridized carbons (Fsp3) is 0.455. The van der Waals surface area contributed by atoms with Crippen molar-refractivity contribution in [3.05, 3.63) is 22.1 Å². The highest BCUT2D eigenvalue weighted by atomic mass is 79.9. The summed E-state index contributed by atoms with van der Waals surface area (Å²) in [6.45, 7) is 1.32. The van der Waals surface area contributed by atoms with Crippen LogP contribution in [-0.2, 0) is 4.79 Å². The van der Waals surface area contributed by atoms with E-state index in [1.54, 1.807) is 13.0 Å². The standard InChI is InChI=1S/C11H11BrFNO4/c1-6-4-7(12)18-8(6)9(15)14-3-2-11(13,5-14)10(16)17/h4H,2-3,5H2,1H3,(H,16,17)/t11-/m1/s1. The van der Waals surface area contributed by atoms with Crippen molar-refractivity contribution in [2.45, 2.75) is 19.0 Å². The van der Waals surface area contributed by atoms with Gasteiger partial charge in [0.1, 0.15) is 0 Å². The Bertz CT molecular complexity index is 515. The minimum absolute atomic E-state index is 0.0688. The molecule has 1 aliphatic heterocycles. The second kappa shape index (κ2) is 4.38. The number of likely N-dealkylation sites (tertiary alicyclic amines) is 1. The zero-order valence-corrected chi connectivity index (χ0v) is 11.2.